The SMILES string of the molecule is CNC(=O)N1CCC(CC[C@@H](CS(=O)(=O)Cc2ccccc2)C(=O)N[C@@H](CCC2CCCCC2)C(=O)CCc2ccc(C(=N)N)cc2)CC1. The molecule has 2 aromatic rings. The van der Waals surface area contributed by atoms with Crippen molar-refractivity contribution in [2.24, 2.45) is 23.5 Å². The first kappa shape index (κ1) is 38.1. The summed E-state index contributed by atoms with van der Waals surface area (Å²) in [6.07, 6.45) is 10.7. The van der Waals surface area contributed by atoms with Gasteiger partial charge in [-0.05, 0) is 67.9 Å². The van der Waals surface area contributed by atoms with Gasteiger partial charge in [0.25, 0.3) is 0 Å². The van der Waals surface area contributed by atoms with Gasteiger partial charge in [-0.2, -0.15) is 0 Å². The molecule has 0 unspecified atom stereocenters. The number of rotatable bonds is 17. The van der Waals surface area contributed by atoms with Crippen molar-refractivity contribution in [3.63, 3.8) is 0 Å². The van der Waals surface area contributed by atoms with Gasteiger partial charge in [0.15, 0.2) is 15.6 Å². The smallest absolute Gasteiger partial charge is 0.317 e. The van der Waals surface area contributed by atoms with Crippen molar-refractivity contribution in [1.29, 1.82) is 5.41 Å². The molecule has 5 N–H and O–H groups in total. The van der Waals surface area contributed by atoms with Crippen LogP contribution in [0.5, 0.6) is 0 Å². The molecule has 0 radical (unpaired) electrons. The second-order valence-electron chi connectivity index (χ2n) is 14.0. The number of amidine groups is 1. The molecule has 2 aromatic carbocycles. The van der Waals surface area contributed by atoms with Gasteiger partial charge in [0.05, 0.1) is 23.5 Å². The molecule has 268 valence electrons. The van der Waals surface area contributed by atoms with Gasteiger partial charge in [-0.1, -0.05) is 86.7 Å². The highest BCUT2D eigenvalue weighted by atomic mass is 32.2. The molecule has 0 bridgehead atoms. The number of nitrogens with zero attached hydrogens (tertiary/aromatic N) is 1. The summed E-state index contributed by atoms with van der Waals surface area (Å²) < 4.78 is 27.0. The molecule has 2 aliphatic rings. The van der Waals surface area contributed by atoms with Crippen molar-refractivity contribution in [1.82, 2.24) is 15.5 Å². The van der Waals surface area contributed by atoms with Crippen LogP contribution >= 0.6 is 0 Å². The second kappa shape index (κ2) is 18.9. The van der Waals surface area contributed by atoms with Crippen molar-refractivity contribution in [3.8, 4) is 0 Å². The van der Waals surface area contributed by atoms with Crippen LogP contribution in [-0.2, 0) is 31.6 Å². The quantitative estimate of drug-likeness (QED) is 0.128. The fourth-order valence-electron chi connectivity index (χ4n) is 7.28. The van der Waals surface area contributed by atoms with E-state index in [9.17, 15) is 22.8 Å². The monoisotopic (exact) mass is 693 g/mol. The predicted octanol–water partition coefficient (Wildman–Crippen LogP) is 5.38. The Hall–Kier alpha value is -3.73. The standard InChI is InChI=1S/C38H55N5O5S/c1-41-38(46)43-24-22-30(23-25-43)14-19-33(27-49(47,48)26-31-10-6-3-7-11-31)37(45)42-34(20-15-28-8-4-2-5-9-28)35(44)21-16-29-12-17-32(18-13-29)36(39)40/h3,6-7,10-13,17-18,28,30,33-34H,2,4-5,8-9,14-16,19-27H2,1H3,(H3,39,40)(H,41,46)(H,42,45)/t33-,34-/m0/s1. The van der Waals surface area contributed by atoms with Gasteiger partial charge >= 0.3 is 6.03 Å². The number of amides is 3. The number of aryl methyl sites for hydroxylation is 1. The lowest BCUT2D eigenvalue weighted by molar-refractivity contribution is -0.130. The van der Waals surface area contributed by atoms with E-state index in [2.05, 4.69) is 10.6 Å². The lowest BCUT2D eigenvalue weighted by atomic mass is 9.84. The third-order valence-corrected chi connectivity index (χ3v) is 12.0. The number of urea groups is 1. The number of nitrogens with two attached hydrogens (primary N) is 1. The van der Waals surface area contributed by atoms with Crippen LogP contribution in [0.1, 0.15) is 93.7 Å². The van der Waals surface area contributed by atoms with E-state index >= 15 is 0 Å². The number of nitrogen functional groups attached to an aromatic ring is 1. The average molecular weight is 694 g/mol. The summed E-state index contributed by atoms with van der Waals surface area (Å²) in [4.78, 5) is 41.6. The maximum absolute atomic E-state index is 14.0. The number of likely N-dealkylation sites (tertiary alicyclic amines) is 1. The number of carbonyl (C=O) groups excluding carboxylic acids is 3. The lowest BCUT2D eigenvalue weighted by Crippen LogP contribution is -2.46. The van der Waals surface area contributed by atoms with Crippen molar-refractivity contribution in [2.45, 2.75) is 95.3 Å². The first-order valence-corrected chi connectivity index (χ1v) is 19.8. The summed E-state index contributed by atoms with van der Waals surface area (Å²) in [6, 6.07) is 15.5. The Morgan fingerprint density at radius 2 is 1.51 bits per heavy atom. The van der Waals surface area contributed by atoms with Crippen molar-refractivity contribution in [3.05, 3.63) is 71.3 Å². The van der Waals surface area contributed by atoms with Crippen LogP contribution < -0.4 is 16.4 Å². The van der Waals surface area contributed by atoms with E-state index in [-0.39, 0.29) is 47.4 Å². The Morgan fingerprint density at radius 3 is 2.14 bits per heavy atom. The van der Waals surface area contributed by atoms with Crippen LogP contribution in [0.2, 0.25) is 0 Å². The Morgan fingerprint density at radius 1 is 0.878 bits per heavy atom. The Balaban J connectivity index is 1.46. The maximum atomic E-state index is 14.0. The van der Waals surface area contributed by atoms with E-state index in [0.717, 1.165) is 37.7 Å². The predicted molar refractivity (Wildman–Crippen MR) is 194 cm³/mol. The zero-order valence-corrected chi connectivity index (χ0v) is 29.8. The Kier molecular flexibility index (Phi) is 14.7. The number of carbonyl (C=O) groups is 3. The number of ketones is 1. The minimum atomic E-state index is -3.63. The summed E-state index contributed by atoms with van der Waals surface area (Å²) in [5.41, 5.74) is 7.84. The molecule has 3 amide bonds. The van der Waals surface area contributed by atoms with E-state index in [4.69, 9.17) is 11.1 Å². The molecule has 2 atom stereocenters. The molecule has 2 fully saturated rings. The van der Waals surface area contributed by atoms with Crippen LogP contribution in [0.15, 0.2) is 54.6 Å². The van der Waals surface area contributed by atoms with E-state index in [1.165, 1.54) is 19.3 Å². The van der Waals surface area contributed by atoms with Gasteiger partial charge in [-0.3, -0.25) is 15.0 Å². The van der Waals surface area contributed by atoms with Crippen LogP contribution in [0.4, 0.5) is 4.79 Å². The van der Waals surface area contributed by atoms with Crippen LogP contribution in [0.25, 0.3) is 0 Å². The highest BCUT2D eigenvalue weighted by Crippen LogP contribution is 2.29. The largest absolute Gasteiger partial charge is 0.384 e. The maximum Gasteiger partial charge on any atom is 0.317 e. The molecular weight excluding hydrogens is 639 g/mol. The molecule has 0 aromatic heterocycles. The number of hydrogen-bond donors (Lipinski definition) is 4. The first-order chi connectivity index (χ1) is 23.5. The fourth-order valence-corrected chi connectivity index (χ4v) is 9.03. The normalized spacial score (nSPS) is 17.2. The molecule has 49 heavy (non-hydrogen) atoms. The molecule has 1 saturated carbocycles. The van der Waals surface area contributed by atoms with Gasteiger partial charge in [0.1, 0.15) is 5.84 Å². The molecule has 10 nitrogen and oxygen atoms in total. The molecule has 1 saturated heterocycles. The van der Waals surface area contributed by atoms with Crippen molar-refractivity contribution in [2.75, 3.05) is 25.9 Å². The summed E-state index contributed by atoms with van der Waals surface area (Å²) in [6.45, 7) is 1.26. The number of piperidine rings is 1. The number of sulfone groups is 1. The summed E-state index contributed by atoms with van der Waals surface area (Å²) >= 11 is 0. The van der Waals surface area contributed by atoms with E-state index < -0.39 is 21.8 Å². The molecule has 11 heteroatoms. The number of hydrogen-bond acceptors (Lipinski definition) is 6. The summed E-state index contributed by atoms with van der Waals surface area (Å²) in [5, 5.41) is 13.4. The lowest BCUT2D eigenvalue weighted by Gasteiger charge is -2.32. The molecule has 0 spiro atoms. The molecular formula is C38H55N5O5S. The third kappa shape index (κ3) is 12.6. The van der Waals surface area contributed by atoms with Crippen LogP contribution in [0.3, 0.4) is 0 Å². The van der Waals surface area contributed by atoms with Crippen LogP contribution in [0, 0.1) is 23.2 Å². The van der Waals surface area contributed by atoms with Gasteiger partial charge in [0, 0.05) is 32.1 Å². The van der Waals surface area contributed by atoms with Gasteiger partial charge in [-0.25, -0.2) is 13.2 Å². The molecule has 1 aliphatic heterocycles. The summed E-state index contributed by atoms with van der Waals surface area (Å²) in [5.74, 6) is -0.822. The number of nitrogens with one attached hydrogen (secondary N) is 3. The van der Waals surface area contributed by atoms with Gasteiger partial charge < -0.3 is 21.3 Å². The average Bonchev–Trinajstić information content (AvgIpc) is 3.11. The molecule has 4 rings (SSSR count). The topological polar surface area (TPSA) is 163 Å². The van der Waals surface area contributed by atoms with Crippen molar-refractivity contribution < 1.29 is 22.8 Å². The zero-order valence-electron chi connectivity index (χ0n) is 29.0. The van der Waals surface area contributed by atoms with Crippen LogP contribution in [-0.4, -0.2) is 68.8 Å². The summed E-state index contributed by atoms with van der Waals surface area (Å²) in [7, 11) is -2.01. The number of benzene rings is 2. The van der Waals surface area contributed by atoms with Gasteiger partial charge in [-0.15, -0.1) is 0 Å². The van der Waals surface area contributed by atoms with Gasteiger partial charge in [0.2, 0.25) is 5.91 Å². The van der Waals surface area contributed by atoms with E-state index in [0.29, 0.717) is 55.8 Å². The molecule has 1 heterocycles. The Labute approximate surface area is 292 Å². The van der Waals surface area contributed by atoms with Crippen molar-refractivity contribution >= 4 is 33.4 Å². The highest BCUT2D eigenvalue weighted by molar-refractivity contribution is 7.90. The molecule has 1 aliphatic carbocycles. The Bertz CT molecular complexity index is 1480. The minimum absolute atomic E-state index is 0.0113. The van der Waals surface area contributed by atoms with E-state index in [1.54, 1.807) is 48.3 Å². The first-order valence-electron chi connectivity index (χ1n) is 18.0. The van der Waals surface area contributed by atoms with E-state index in [1.807, 2.05) is 18.2 Å². The highest BCUT2D eigenvalue weighted by Gasteiger charge is 2.31. The second-order valence-corrected chi connectivity index (χ2v) is 16.1. The third-order valence-electron chi connectivity index (χ3n) is 10.3. The minimum Gasteiger partial charge on any atom is -0.384 e. The number of Topliss-reactive ketones (excluding diaryl/α,β-unsaturated/α-hetero) is 1. The zero-order chi connectivity index (χ0) is 35.2. The fraction of sp³-hybridized carbons (Fsp3) is 0.579.